The van der Waals surface area contributed by atoms with Crippen molar-refractivity contribution in [2.75, 3.05) is 0 Å². The predicted molar refractivity (Wildman–Crippen MR) is 160 cm³/mol. The Labute approximate surface area is 242 Å². The monoisotopic (exact) mass is 574 g/mol. The summed E-state index contributed by atoms with van der Waals surface area (Å²) in [5, 5.41) is 18.3. The zero-order valence-corrected chi connectivity index (χ0v) is 24.9. The zero-order chi connectivity index (χ0) is 29.7. The number of carboxylic acid groups (broad SMARTS) is 2. The summed E-state index contributed by atoms with van der Waals surface area (Å²) in [4.78, 5) is 33.5. The molecule has 3 heterocycles. The van der Waals surface area contributed by atoms with Gasteiger partial charge in [-0.2, -0.15) is 0 Å². The quantitative estimate of drug-likeness (QED) is 0.191. The van der Waals surface area contributed by atoms with Gasteiger partial charge in [0.05, 0.1) is 9.75 Å². The van der Waals surface area contributed by atoms with Gasteiger partial charge in [-0.25, -0.2) is 9.97 Å². The van der Waals surface area contributed by atoms with Gasteiger partial charge in [-0.3, -0.25) is 9.59 Å². The minimum atomic E-state index is -0.834. The number of rotatable bonds is 8. The van der Waals surface area contributed by atoms with Gasteiger partial charge in [0, 0.05) is 24.0 Å². The molecule has 9 heteroatoms. The minimum absolute atomic E-state index is 0.0521. The van der Waals surface area contributed by atoms with E-state index < -0.39 is 11.9 Å². The van der Waals surface area contributed by atoms with Crippen LogP contribution in [0.1, 0.15) is 76.6 Å². The van der Waals surface area contributed by atoms with Crippen LogP contribution in [0.15, 0.2) is 45.2 Å². The molecule has 0 amide bonds. The summed E-state index contributed by atoms with van der Waals surface area (Å²) in [5.41, 5.74) is 6.17. The smallest absolute Gasteiger partial charge is 0.303 e. The number of thiophene rings is 1. The molecule has 2 aromatic carbocycles. The molecule has 5 rings (SSSR count). The van der Waals surface area contributed by atoms with Crippen molar-refractivity contribution in [3.63, 3.8) is 0 Å². The van der Waals surface area contributed by atoms with Crippen LogP contribution in [-0.4, -0.2) is 32.1 Å². The second-order valence-electron chi connectivity index (χ2n) is 12.5. The molecule has 41 heavy (non-hydrogen) atoms. The number of hydrogen-bond acceptors (Lipinski definition) is 7. The third-order valence-corrected chi connectivity index (χ3v) is 8.06. The van der Waals surface area contributed by atoms with Gasteiger partial charge in [-0.05, 0) is 59.1 Å². The van der Waals surface area contributed by atoms with Crippen LogP contribution >= 0.6 is 11.3 Å². The Morgan fingerprint density at radius 1 is 0.707 bits per heavy atom. The molecule has 2 N–H and O–H groups in total. The average molecular weight is 575 g/mol. The molecule has 5 aromatic rings. The van der Waals surface area contributed by atoms with Gasteiger partial charge in [0.15, 0.2) is 11.2 Å². The molecule has 0 fully saturated rings. The fraction of sp³-hybridized carbons (Fsp3) is 0.375. The van der Waals surface area contributed by atoms with Crippen molar-refractivity contribution >= 4 is 45.5 Å². The Morgan fingerprint density at radius 2 is 1.10 bits per heavy atom. The van der Waals surface area contributed by atoms with Gasteiger partial charge in [0.2, 0.25) is 11.8 Å². The summed E-state index contributed by atoms with van der Waals surface area (Å²) in [5.74, 6) is -0.696. The van der Waals surface area contributed by atoms with Crippen molar-refractivity contribution in [2.45, 2.75) is 78.1 Å². The molecule has 0 radical (unpaired) electrons. The molecule has 0 saturated heterocycles. The lowest BCUT2D eigenvalue weighted by Gasteiger charge is -2.19. The van der Waals surface area contributed by atoms with E-state index >= 15 is 0 Å². The van der Waals surface area contributed by atoms with E-state index in [4.69, 9.17) is 29.0 Å². The molecular formula is C32H34N2O6S. The fourth-order valence-corrected chi connectivity index (χ4v) is 5.72. The zero-order valence-electron chi connectivity index (χ0n) is 24.1. The molecule has 0 spiro atoms. The van der Waals surface area contributed by atoms with Crippen molar-refractivity contribution in [1.82, 2.24) is 9.97 Å². The number of nitrogens with zero attached hydrogens (tertiary/aromatic N) is 2. The molecule has 0 aliphatic heterocycles. The summed E-state index contributed by atoms with van der Waals surface area (Å²) in [6.45, 7) is 12.6. The van der Waals surface area contributed by atoms with E-state index in [0.717, 1.165) is 32.0 Å². The van der Waals surface area contributed by atoms with Crippen LogP contribution in [0.3, 0.4) is 0 Å². The van der Waals surface area contributed by atoms with Gasteiger partial charge in [-0.15, -0.1) is 11.3 Å². The molecule has 0 saturated carbocycles. The minimum Gasteiger partial charge on any atom is -0.481 e. The van der Waals surface area contributed by atoms with Crippen LogP contribution in [0.25, 0.3) is 43.7 Å². The molecule has 214 valence electrons. The van der Waals surface area contributed by atoms with Gasteiger partial charge in [0.1, 0.15) is 11.0 Å². The van der Waals surface area contributed by atoms with E-state index in [1.54, 1.807) is 0 Å². The number of aromatic nitrogens is 2. The summed E-state index contributed by atoms with van der Waals surface area (Å²) in [7, 11) is 0. The highest BCUT2D eigenvalue weighted by Crippen LogP contribution is 2.40. The highest BCUT2D eigenvalue weighted by Gasteiger charge is 2.25. The summed E-state index contributed by atoms with van der Waals surface area (Å²) in [6.07, 6.45) is 0.950. The largest absolute Gasteiger partial charge is 0.481 e. The lowest BCUT2D eigenvalue weighted by Crippen LogP contribution is -2.12. The first-order valence-corrected chi connectivity index (χ1v) is 14.4. The van der Waals surface area contributed by atoms with E-state index in [-0.39, 0.29) is 23.7 Å². The molecular weight excluding hydrogens is 540 g/mol. The lowest BCUT2D eigenvalue weighted by molar-refractivity contribution is -0.138. The van der Waals surface area contributed by atoms with Crippen LogP contribution in [0.4, 0.5) is 0 Å². The van der Waals surface area contributed by atoms with Crippen LogP contribution in [0.2, 0.25) is 0 Å². The van der Waals surface area contributed by atoms with Crippen LogP contribution in [0, 0.1) is 0 Å². The van der Waals surface area contributed by atoms with Crippen LogP contribution in [-0.2, 0) is 33.3 Å². The van der Waals surface area contributed by atoms with Gasteiger partial charge < -0.3 is 19.0 Å². The van der Waals surface area contributed by atoms with Crippen molar-refractivity contribution in [3.05, 3.63) is 58.7 Å². The number of carboxylic acids is 2. The summed E-state index contributed by atoms with van der Waals surface area (Å²) in [6, 6.07) is 11.7. The number of aryl methyl sites for hydroxylation is 2. The molecule has 0 unspecified atom stereocenters. The van der Waals surface area contributed by atoms with Crippen molar-refractivity contribution in [1.29, 1.82) is 0 Å². The second kappa shape index (κ2) is 10.4. The van der Waals surface area contributed by atoms with Crippen LogP contribution in [0.5, 0.6) is 0 Å². The summed E-state index contributed by atoms with van der Waals surface area (Å²) >= 11 is 1.47. The highest BCUT2D eigenvalue weighted by atomic mass is 32.1. The SMILES string of the molecule is CC(C)(C)c1cc(CCC(=O)O)cc2nc(-c3ccc(-c4nc5cc(CCC(=O)O)cc(C(C)(C)C)c5o4)s3)oc12. The fourth-order valence-electron chi connectivity index (χ4n) is 4.87. The number of carbonyl (C=O) groups is 2. The first-order valence-electron chi connectivity index (χ1n) is 13.6. The third kappa shape index (κ3) is 6.05. The van der Waals surface area contributed by atoms with E-state index in [0.29, 0.717) is 46.8 Å². The topological polar surface area (TPSA) is 127 Å². The van der Waals surface area contributed by atoms with E-state index in [2.05, 4.69) is 41.5 Å². The molecule has 0 aliphatic carbocycles. The van der Waals surface area contributed by atoms with Gasteiger partial charge in [-0.1, -0.05) is 53.7 Å². The van der Waals surface area contributed by atoms with Crippen LogP contribution < -0.4 is 0 Å². The number of benzene rings is 2. The van der Waals surface area contributed by atoms with Crippen molar-refractivity contribution in [3.8, 4) is 21.5 Å². The Morgan fingerprint density at radius 3 is 1.44 bits per heavy atom. The maximum absolute atomic E-state index is 11.2. The maximum Gasteiger partial charge on any atom is 0.303 e. The van der Waals surface area contributed by atoms with Crippen molar-refractivity contribution in [2.24, 2.45) is 0 Å². The second-order valence-corrected chi connectivity index (χ2v) is 13.6. The molecule has 8 nitrogen and oxygen atoms in total. The Kier molecular flexibility index (Phi) is 7.27. The first-order chi connectivity index (χ1) is 19.2. The Hall–Kier alpha value is -3.98. The standard InChI is InChI=1S/C32H34N2O6S/c1-31(2,3)19-13-17(7-11-25(35)36)15-21-27(19)39-29(33-21)23-9-10-24(41-23)30-34-22-16-18(8-12-26(37)38)14-20(28(22)40-30)32(4,5)6/h9-10,13-16H,7-8,11-12H2,1-6H3,(H,35,36)(H,37,38). The molecule has 0 aliphatic rings. The Bertz CT molecular complexity index is 1650. The number of aliphatic carboxylic acids is 2. The lowest BCUT2D eigenvalue weighted by atomic mass is 9.85. The van der Waals surface area contributed by atoms with E-state index in [9.17, 15) is 9.59 Å². The maximum atomic E-state index is 11.2. The third-order valence-electron chi connectivity index (χ3n) is 7.00. The molecule has 0 bridgehead atoms. The number of fused-ring (bicyclic) bond motifs is 2. The highest BCUT2D eigenvalue weighted by molar-refractivity contribution is 7.18. The van der Waals surface area contributed by atoms with Gasteiger partial charge in [0.25, 0.3) is 0 Å². The average Bonchev–Trinajstić information content (AvgIpc) is 3.61. The normalized spacial score (nSPS) is 12.4. The van der Waals surface area contributed by atoms with E-state index in [1.807, 2.05) is 36.4 Å². The van der Waals surface area contributed by atoms with Crippen molar-refractivity contribution < 1.29 is 28.6 Å². The number of hydrogen-bond donors (Lipinski definition) is 2. The van der Waals surface area contributed by atoms with Gasteiger partial charge >= 0.3 is 11.9 Å². The first kappa shape index (κ1) is 28.5. The Balaban J connectivity index is 1.53. The molecule has 3 aromatic heterocycles. The van der Waals surface area contributed by atoms with E-state index in [1.165, 1.54) is 11.3 Å². The molecule has 0 atom stereocenters. The summed E-state index contributed by atoms with van der Waals surface area (Å²) < 4.78 is 12.6. The predicted octanol–water partition coefficient (Wildman–Crippen LogP) is 7.99. The number of oxazole rings is 2.